The van der Waals surface area contributed by atoms with E-state index in [9.17, 15) is 0 Å². The number of nitrogens with zero attached hydrogens (tertiary/aromatic N) is 7. The van der Waals surface area contributed by atoms with Crippen LogP contribution in [-0.4, -0.2) is 145 Å². The summed E-state index contributed by atoms with van der Waals surface area (Å²) in [6.45, 7) is 16.4. The summed E-state index contributed by atoms with van der Waals surface area (Å²) in [7, 11) is 0. The number of nitrogens with one attached hydrogen (secondary N) is 7. The van der Waals surface area contributed by atoms with Crippen molar-refractivity contribution in [2.75, 3.05) is 110 Å². The van der Waals surface area contributed by atoms with Crippen molar-refractivity contribution in [3.63, 3.8) is 0 Å². The molecule has 7 heterocycles. The molecule has 0 amide bonds. The van der Waals surface area contributed by atoms with E-state index in [4.69, 9.17) is 9.47 Å². The number of anilines is 1. The van der Waals surface area contributed by atoms with E-state index < -0.39 is 0 Å². The number of benzene rings is 7. The third-order valence-corrected chi connectivity index (χ3v) is 24.6. The van der Waals surface area contributed by atoms with E-state index in [2.05, 4.69) is 200 Å². The van der Waals surface area contributed by atoms with Gasteiger partial charge < -0.3 is 46.7 Å². The van der Waals surface area contributed by atoms with Crippen molar-refractivity contribution in [2.24, 2.45) is 34.9 Å². The Hall–Kier alpha value is -9.25. The smallest absolute Gasteiger partial charge is 0.126 e. The number of amidine groups is 5. The van der Waals surface area contributed by atoms with Crippen molar-refractivity contribution in [1.29, 1.82) is 0 Å². The third-order valence-electron chi connectivity index (χ3n) is 24.6. The molecule has 600 valence electrons. The summed E-state index contributed by atoms with van der Waals surface area (Å²) in [6, 6.07) is 48.0. The lowest BCUT2D eigenvalue weighted by atomic mass is 10.0. The fourth-order valence-electron chi connectivity index (χ4n) is 18.3. The molecule has 0 unspecified atom stereocenters. The van der Waals surface area contributed by atoms with Gasteiger partial charge in [0.05, 0.1) is 64.1 Å². The highest BCUT2D eigenvalue weighted by molar-refractivity contribution is 5.90. The lowest BCUT2D eigenvalue weighted by molar-refractivity contribution is 0.156. The van der Waals surface area contributed by atoms with Crippen molar-refractivity contribution in [3.05, 3.63) is 233 Å². The van der Waals surface area contributed by atoms with Gasteiger partial charge in [-0.3, -0.25) is 34.9 Å². The first kappa shape index (κ1) is 80.0. The average molecular weight is 1530 g/mol. The summed E-state index contributed by atoms with van der Waals surface area (Å²) in [6.07, 6.45) is 38.3. The fraction of sp³-hybridized carbons (Fsp3) is 0.500. The summed E-state index contributed by atoms with van der Waals surface area (Å²) in [5, 5.41) is 23.4. The van der Waals surface area contributed by atoms with Crippen LogP contribution in [0.3, 0.4) is 0 Å². The van der Waals surface area contributed by atoms with Crippen LogP contribution in [0.15, 0.2) is 162 Å². The van der Waals surface area contributed by atoms with Crippen LogP contribution < -0.4 is 42.0 Å². The zero-order valence-electron chi connectivity index (χ0n) is 68.2. The van der Waals surface area contributed by atoms with Gasteiger partial charge in [-0.25, -0.2) is 0 Å². The van der Waals surface area contributed by atoms with E-state index in [1.165, 1.54) is 246 Å². The van der Waals surface area contributed by atoms with Crippen LogP contribution >= 0.6 is 0 Å². The Bertz CT molecular complexity index is 4210. The van der Waals surface area contributed by atoms with Crippen molar-refractivity contribution >= 4 is 46.3 Å². The monoisotopic (exact) mass is 1530 g/mol. The molecule has 7 aromatic rings. The van der Waals surface area contributed by atoms with Gasteiger partial charge in [0.2, 0.25) is 0 Å². The van der Waals surface area contributed by atoms with E-state index in [0.29, 0.717) is 19.8 Å². The van der Waals surface area contributed by atoms with Gasteiger partial charge in [0.1, 0.15) is 36.5 Å². The highest BCUT2D eigenvalue weighted by Gasteiger charge is 2.20. The number of hydrogen-bond acceptors (Lipinski definition) is 16. The van der Waals surface area contributed by atoms with Crippen LogP contribution in [0.1, 0.15) is 196 Å². The van der Waals surface area contributed by atoms with Gasteiger partial charge in [0.15, 0.2) is 0 Å². The molecule has 21 rings (SSSR count). The fourth-order valence-corrected chi connectivity index (χ4v) is 18.3. The van der Waals surface area contributed by atoms with E-state index >= 15 is 0 Å². The molecule has 7 aliphatic carbocycles. The minimum Gasteiger partial charge on any atom is -0.488 e. The van der Waals surface area contributed by atoms with Crippen LogP contribution in [0, 0.1) is 0 Å². The molecule has 7 N–H and O–H groups in total. The Labute approximate surface area is 680 Å². The molecule has 0 atom stereocenters. The van der Waals surface area contributed by atoms with Crippen LogP contribution in [0.4, 0.5) is 5.69 Å². The summed E-state index contributed by atoms with van der Waals surface area (Å²) >= 11 is 0. The van der Waals surface area contributed by atoms with Gasteiger partial charge in [-0.15, -0.1) is 0 Å². The van der Waals surface area contributed by atoms with Crippen LogP contribution in [-0.2, 0) is 127 Å². The molecule has 0 saturated carbocycles. The van der Waals surface area contributed by atoms with Gasteiger partial charge in [-0.05, 0) is 310 Å². The lowest BCUT2D eigenvalue weighted by Crippen LogP contribution is -2.30. The molecule has 7 aliphatic heterocycles. The molecule has 0 radical (unpaired) electrons. The van der Waals surface area contributed by atoms with Crippen LogP contribution in [0.5, 0.6) is 5.75 Å². The zero-order valence-corrected chi connectivity index (χ0v) is 68.2. The van der Waals surface area contributed by atoms with E-state index in [1.807, 2.05) is 0 Å². The topological polar surface area (TPSA) is 189 Å². The predicted molar refractivity (Wildman–Crippen MR) is 474 cm³/mol. The molecule has 14 aliphatic rings. The number of hydrogen-bond donors (Lipinski definition) is 7. The van der Waals surface area contributed by atoms with Gasteiger partial charge in [0.25, 0.3) is 0 Å². The second-order valence-electron chi connectivity index (χ2n) is 33.1. The number of aliphatic imine (C=N–C) groups is 7. The van der Waals surface area contributed by atoms with E-state index in [0.717, 1.165) is 154 Å². The van der Waals surface area contributed by atoms with Gasteiger partial charge in [0, 0.05) is 88.7 Å². The lowest BCUT2D eigenvalue weighted by Gasteiger charge is -2.08. The molecular formula is C98H126N14O2. The number of rotatable bonds is 23. The van der Waals surface area contributed by atoms with Gasteiger partial charge >= 0.3 is 0 Å². The van der Waals surface area contributed by atoms with Crippen LogP contribution in [0.25, 0.3) is 0 Å². The van der Waals surface area contributed by atoms with Gasteiger partial charge in [-0.2, -0.15) is 0 Å². The highest BCUT2D eigenvalue weighted by atomic mass is 16.5. The summed E-state index contributed by atoms with van der Waals surface area (Å²) < 4.78 is 11.5. The molecule has 16 nitrogen and oxygen atoms in total. The number of ether oxygens (including phenoxy) is 2. The third kappa shape index (κ3) is 24.2. The molecule has 0 spiro atoms. The van der Waals surface area contributed by atoms with E-state index in [1.54, 1.807) is 55.6 Å². The zero-order chi connectivity index (χ0) is 77.0. The van der Waals surface area contributed by atoms with Crippen molar-refractivity contribution in [1.82, 2.24) is 31.9 Å². The maximum absolute atomic E-state index is 5.78. The molecule has 0 fully saturated rings. The largest absolute Gasteiger partial charge is 0.488 e. The second-order valence-corrected chi connectivity index (χ2v) is 33.1. The number of fused-ring (bicyclic) bond motifs is 7. The Morgan fingerprint density at radius 2 is 0.684 bits per heavy atom. The first-order chi connectivity index (χ1) is 56.4. The average Bonchev–Trinajstić information content (AvgIpc) is 1.71. The first-order valence-electron chi connectivity index (χ1n) is 44.2. The Kier molecular flexibility index (Phi) is 29.7. The highest BCUT2D eigenvalue weighted by Crippen LogP contribution is 2.31. The summed E-state index contributed by atoms with van der Waals surface area (Å²) in [4.78, 5) is 30.9. The molecule has 16 heteroatoms. The minimum atomic E-state index is 0.608. The predicted octanol–water partition coefficient (Wildman–Crippen LogP) is 14.9. The minimum absolute atomic E-state index is 0.608. The van der Waals surface area contributed by atoms with Gasteiger partial charge in [-0.1, -0.05) is 103 Å². The Balaban J connectivity index is 0.000000105. The van der Waals surface area contributed by atoms with Crippen molar-refractivity contribution in [3.8, 4) is 5.75 Å². The maximum Gasteiger partial charge on any atom is 0.126 e. The summed E-state index contributed by atoms with van der Waals surface area (Å²) in [5.41, 5.74) is 32.5. The molecule has 0 bridgehead atoms. The van der Waals surface area contributed by atoms with Crippen LogP contribution in [0.2, 0.25) is 0 Å². The Morgan fingerprint density at radius 1 is 0.272 bits per heavy atom. The maximum atomic E-state index is 5.78. The van der Waals surface area contributed by atoms with Crippen molar-refractivity contribution < 1.29 is 9.47 Å². The van der Waals surface area contributed by atoms with E-state index in [-0.39, 0.29) is 0 Å². The molecule has 7 aromatic carbocycles. The number of aryl methyl sites for hydroxylation is 16. The summed E-state index contributed by atoms with van der Waals surface area (Å²) in [5.74, 6) is 6.67. The first-order valence-corrected chi connectivity index (χ1v) is 44.2. The quantitative estimate of drug-likeness (QED) is 0.0327. The SMILES string of the molecule is c1cc2c(cc1CC1=NCCN1)CCC2.c1cc2c(cc1CCC1=NCCN1)CCC2.c1cc2c(cc1CCCC1=NCCN1)CCC2.c1cc2c(cc1CNCC1=NCCN1)CCC2.c1cc2c(cc1COCC1=NCCN1)CCC2.c1cc2c(cc1NCC1=NCCC1)CCC2.c1cc2c(cc1OCC1=NCCC1)CCC2. The molecular weight excluding hydrogens is 1410 g/mol. The Morgan fingerprint density at radius 3 is 1.21 bits per heavy atom. The molecule has 114 heavy (non-hydrogen) atoms. The molecule has 0 aromatic heterocycles. The molecule has 0 saturated heterocycles. The second kappa shape index (κ2) is 42.4. The standard InChI is InChI=1S/C15H20N2.C14H19N3.C14H18N2O.2C14H18N2.C14H17NO.C13H16N2/c1(6-15-16-9-10-17-15)3-12-7-8-13-4-2-5-14(13)11-12;1-2-12-5-4-11(8-13(12)3-1)9-15-10-14-16-6-7-17-14;1-2-12-5-4-11(8-13(12)3-1)9-17-10-14-15-6-7-16-14;1-3-11-6-7-13(9-12(11)4-1)16-10-14-5-2-8-15-14;1-2-12-6-4-11(10-13(12)3-1)5-7-14-15-8-9-16-14;1-3-11-6-7-14(9-12(11)4-1)16-10-13-5-2-8-15-13;1-2-11-5-4-10(8-12(11)3-1)9-13-14-6-7-15-13/h7-8,11H,1-6,9-10H2,(H,16,17);4-5,8,15H,1-3,6-7,9-10H2,(H,16,17);4-5,8H,1-3,6-7,9-10H2,(H,15,16);6-7,9,16H,1-5,8,10H2;4,6,10H,1-3,5,7-9H2,(H,15,16);6-7,9H,1-5,8,10H2;4-5,8H,1-3,6-7,9H2,(H,14,15). The normalized spacial score (nSPS) is 18.1. The van der Waals surface area contributed by atoms with Crippen molar-refractivity contribution in [2.45, 2.75) is 212 Å².